The molecule has 0 aromatic rings. The standard InChI is InChI=1S/C14H26O2/c1-14(2,12-6-3-4-7-12)9-8-13-15-10-5-11-16-13/h12-13H,3-11H2,1-2H3. The van der Waals surface area contributed by atoms with Crippen LogP contribution in [0.5, 0.6) is 0 Å². The van der Waals surface area contributed by atoms with E-state index in [0.29, 0.717) is 5.41 Å². The fourth-order valence-electron chi connectivity index (χ4n) is 3.10. The normalized spacial score (nSPS) is 25.1. The molecular weight excluding hydrogens is 200 g/mol. The molecule has 1 aliphatic heterocycles. The van der Waals surface area contributed by atoms with E-state index in [1.807, 2.05) is 0 Å². The SMILES string of the molecule is CC(C)(CCC1OCCCO1)C1CCCC1. The average molecular weight is 226 g/mol. The Morgan fingerprint density at radius 2 is 1.62 bits per heavy atom. The number of ether oxygens (including phenoxy) is 2. The summed E-state index contributed by atoms with van der Waals surface area (Å²) < 4.78 is 11.2. The predicted molar refractivity (Wildman–Crippen MR) is 65.3 cm³/mol. The molecule has 0 bridgehead atoms. The van der Waals surface area contributed by atoms with Crippen LogP contribution >= 0.6 is 0 Å². The molecule has 0 aromatic carbocycles. The molecule has 1 heterocycles. The maximum absolute atomic E-state index is 5.61. The van der Waals surface area contributed by atoms with Gasteiger partial charge in [-0.25, -0.2) is 0 Å². The quantitative estimate of drug-likeness (QED) is 0.727. The molecule has 2 fully saturated rings. The van der Waals surface area contributed by atoms with Gasteiger partial charge in [0.05, 0.1) is 13.2 Å². The van der Waals surface area contributed by atoms with Crippen molar-refractivity contribution in [3.8, 4) is 0 Å². The molecule has 16 heavy (non-hydrogen) atoms. The molecule has 1 saturated heterocycles. The summed E-state index contributed by atoms with van der Waals surface area (Å²) >= 11 is 0. The van der Waals surface area contributed by atoms with Gasteiger partial charge in [-0.15, -0.1) is 0 Å². The Labute approximate surface area is 99.7 Å². The molecular formula is C14H26O2. The van der Waals surface area contributed by atoms with Gasteiger partial charge in [0.25, 0.3) is 0 Å². The van der Waals surface area contributed by atoms with Crippen molar-refractivity contribution >= 4 is 0 Å². The summed E-state index contributed by atoms with van der Waals surface area (Å²) in [6.07, 6.45) is 9.18. The second-order valence-corrected chi connectivity index (χ2v) is 6.03. The Balaban J connectivity index is 1.74. The molecule has 0 spiro atoms. The van der Waals surface area contributed by atoms with E-state index in [1.165, 1.54) is 32.1 Å². The smallest absolute Gasteiger partial charge is 0.157 e. The van der Waals surface area contributed by atoms with E-state index in [4.69, 9.17) is 9.47 Å². The van der Waals surface area contributed by atoms with E-state index in [-0.39, 0.29) is 6.29 Å². The van der Waals surface area contributed by atoms with Gasteiger partial charge in [0, 0.05) is 0 Å². The molecule has 2 heteroatoms. The van der Waals surface area contributed by atoms with E-state index in [1.54, 1.807) is 0 Å². The summed E-state index contributed by atoms with van der Waals surface area (Å²) in [6, 6.07) is 0. The highest BCUT2D eigenvalue weighted by Crippen LogP contribution is 2.42. The number of rotatable bonds is 4. The number of hydrogen-bond donors (Lipinski definition) is 0. The van der Waals surface area contributed by atoms with Gasteiger partial charge >= 0.3 is 0 Å². The van der Waals surface area contributed by atoms with Crippen molar-refractivity contribution in [2.24, 2.45) is 11.3 Å². The van der Waals surface area contributed by atoms with Crippen LogP contribution in [-0.2, 0) is 9.47 Å². The molecule has 1 saturated carbocycles. The fourth-order valence-corrected chi connectivity index (χ4v) is 3.10. The maximum atomic E-state index is 5.61. The second kappa shape index (κ2) is 5.50. The zero-order valence-corrected chi connectivity index (χ0v) is 10.8. The van der Waals surface area contributed by atoms with Crippen molar-refractivity contribution in [1.82, 2.24) is 0 Å². The second-order valence-electron chi connectivity index (χ2n) is 6.03. The number of hydrogen-bond acceptors (Lipinski definition) is 2. The van der Waals surface area contributed by atoms with Crippen molar-refractivity contribution in [3.63, 3.8) is 0 Å². The van der Waals surface area contributed by atoms with Gasteiger partial charge in [0.15, 0.2) is 6.29 Å². The topological polar surface area (TPSA) is 18.5 Å². The molecule has 2 aliphatic rings. The Hall–Kier alpha value is -0.0800. The summed E-state index contributed by atoms with van der Waals surface area (Å²) in [4.78, 5) is 0. The lowest BCUT2D eigenvalue weighted by molar-refractivity contribution is -0.184. The van der Waals surface area contributed by atoms with Crippen LogP contribution < -0.4 is 0 Å². The summed E-state index contributed by atoms with van der Waals surface area (Å²) in [5.74, 6) is 0.927. The lowest BCUT2D eigenvalue weighted by Crippen LogP contribution is -2.29. The van der Waals surface area contributed by atoms with Crippen molar-refractivity contribution in [3.05, 3.63) is 0 Å². The molecule has 2 nitrogen and oxygen atoms in total. The average Bonchev–Trinajstić information content (AvgIpc) is 2.82. The van der Waals surface area contributed by atoms with Crippen LogP contribution in [0.2, 0.25) is 0 Å². The van der Waals surface area contributed by atoms with Crippen LogP contribution in [0.25, 0.3) is 0 Å². The Bertz CT molecular complexity index is 201. The lowest BCUT2D eigenvalue weighted by atomic mass is 9.74. The van der Waals surface area contributed by atoms with Gasteiger partial charge in [-0.3, -0.25) is 0 Å². The predicted octanol–water partition coefficient (Wildman–Crippen LogP) is 3.75. The minimum atomic E-state index is 0.0782. The van der Waals surface area contributed by atoms with Crippen LogP contribution in [0.3, 0.4) is 0 Å². The molecule has 0 aromatic heterocycles. The third kappa shape index (κ3) is 3.21. The van der Waals surface area contributed by atoms with E-state index in [2.05, 4.69) is 13.8 Å². The molecule has 1 aliphatic carbocycles. The van der Waals surface area contributed by atoms with Gasteiger partial charge in [-0.1, -0.05) is 26.7 Å². The van der Waals surface area contributed by atoms with Crippen LogP contribution in [0.4, 0.5) is 0 Å². The molecule has 0 amide bonds. The van der Waals surface area contributed by atoms with Crippen LogP contribution in [0.15, 0.2) is 0 Å². The Morgan fingerprint density at radius 1 is 1.00 bits per heavy atom. The van der Waals surface area contributed by atoms with Gasteiger partial charge in [0.1, 0.15) is 0 Å². The van der Waals surface area contributed by atoms with E-state index in [0.717, 1.165) is 32.0 Å². The largest absolute Gasteiger partial charge is 0.353 e. The first-order chi connectivity index (χ1) is 7.68. The monoisotopic (exact) mass is 226 g/mol. The molecule has 94 valence electrons. The van der Waals surface area contributed by atoms with Gasteiger partial charge in [-0.05, 0) is 43.4 Å². The maximum Gasteiger partial charge on any atom is 0.157 e. The lowest BCUT2D eigenvalue weighted by Gasteiger charge is -2.33. The molecule has 0 unspecified atom stereocenters. The molecule has 2 rings (SSSR count). The summed E-state index contributed by atoms with van der Waals surface area (Å²) in [7, 11) is 0. The minimum Gasteiger partial charge on any atom is -0.353 e. The summed E-state index contributed by atoms with van der Waals surface area (Å²) in [5.41, 5.74) is 0.473. The van der Waals surface area contributed by atoms with Crippen molar-refractivity contribution in [2.75, 3.05) is 13.2 Å². The highest BCUT2D eigenvalue weighted by molar-refractivity contribution is 4.82. The van der Waals surface area contributed by atoms with Crippen LogP contribution in [-0.4, -0.2) is 19.5 Å². The Kier molecular flexibility index (Phi) is 4.26. The van der Waals surface area contributed by atoms with Gasteiger partial charge < -0.3 is 9.47 Å². The minimum absolute atomic E-state index is 0.0782. The van der Waals surface area contributed by atoms with E-state index in [9.17, 15) is 0 Å². The molecule has 0 atom stereocenters. The van der Waals surface area contributed by atoms with Crippen molar-refractivity contribution < 1.29 is 9.47 Å². The van der Waals surface area contributed by atoms with Crippen molar-refractivity contribution in [1.29, 1.82) is 0 Å². The highest BCUT2D eigenvalue weighted by Gasteiger charge is 2.32. The van der Waals surface area contributed by atoms with Gasteiger partial charge in [-0.2, -0.15) is 0 Å². The van der Waals surface area contributed by atoms with Crippen LogP contribution in [0, 0.1) is 11.3 Å². The highest BCUT2D eigenvalue weighted by atomic mass is 16.7. The molecule has 0 N–H and O–H groups in total. The zero-order valence-electron chi connectivity index (χ0n) is 10.8. The first-order valence-corrected chi connectivity index (χ1v) is 6.92. The third-order valence-corrected chi connectivity index (χ3v) is 4.38. The van der Waals surface area contributed by atoms with Crippen LogP contribution in [0.1, 0.15) is 58.8 Å². The molecule has 0 radical (unpaired) electrons. The first-order valence-electron chi connectivity index (χ1n) is 6.92. The van der Waals surface area contributed by atoms with E-state index < -0.39 is 0 Å². The first kappa shape index (κ1) is 12.4. The summed E-state index contributed by atoms with van der Waals surface area (Å²) in [5, 5.41) is 0. The van der Waals surface area contributed by atoms with E-state index >= 15 is 0 Å². The fraction of sp³-hybridized carbons (Fsp3) is 1.00. The van der Waals surface area contributed by atoms with Crippen molar-refractivity contribution in [2.45, 2.75) is 65.1 Å². The third-order valence-electron chi connectivity index (χ3n) is 4.38. The zero-order chi connectivity index (χ0) is 11.4. The Morgan fingerprint density at radius 3 is 2.25 bits per heavy atom. The van der Waals surface area contributed by atoms with Gasteiger partial charge in [0.2, 0.25) is 0 Å². The summed E-state index contributed by atoms with van der Waals surface area (Å²) in [6.45, 7) is 6.61.